The Morgan fingerprint density at radius 2 is 2.06 bits per heavy atom. The summed E-state index contributed by atoms with van der Waals surface area (Å²) in [5.41, 5.74) is 1.66. The third-order valence-electron chi connectivity index (χ3n) is 2.70. The van der Waals surface area contributed by atoms with Gasteiger partial charge < -0.3 is 5.32 Å². The molecule has 2 N–H and O–H groups in total. The summed E-state index contributed by atoms with van der Waals surface area (Å²) in [5, 5.41) is 16.5. The van der Waals surface area contributed by atoms with Gasteiger partial charge in [0, 0.05) is 17.2 Å². The highest BCUT2D eigenvalue weighted by atomic mass is 16.2. The number of hydrogen-bond donors (Lipinski definition) is 2. The van der Waals surface area contributed by atoms with Crippen LogP contribution in [0.5, 0.6) is 0 Å². The first-order valence-electron chi connectivity index (χ1n) is 5.48. The van der Waals surface area contributed by atoms with Crippen molar-refractivity contribution in [3.8, 4) is 11.4 Å². The van der Waals surface area contributed by atoms with Crippen molar-refractivity contribution in [1.29, 1.82) is 0 Å². The van der Waals surface area contributed by atoms with E-state index in [-0.39, 0.29) is 11.8 Å². The van der Waals surface area contributed by atoms with E-state index in [4.69, 9.17) is 0 Å². The fourth-order valence-corrected chi connectivity index (χ4v) is 1.58. The summed E-state index contributed by atoms with van der Waals surface area (Å²) in [5.74, 6) is 0.870. The normalized spacial score (nSPS) is 14.6. The molecule has 0 saturated heterocycles. The molecule has 1 aromatic carbocycles. The number of H-pyrrole nitrogens is 1. The maximum atomic E-state index is 11.5. The number of carbonyl (C=O) groups is 1. The highest BCUT2D eigenvalue weighted by molar-refractivity contribution is 5.94. The number of nitrogens with zero attached hydrogens (tertiary/aromatic N) is 3. The minimum absolute atomic E-state index is 0.109. The lowest BCUT2D eigenvalue weighted by atomic mass is 10.2. The molecule has 0 bridgehead atoms. The summed E-state index contributed by atoms with van der Waals surface area (Å²) in [6.07, 6.45) is 2.01. The summed E-state index contributed by atoms with van der Waals surface area (Å²) >= 11 is 0. The van der Waals surface area contributed by atoms with Crippen LogP contribution in [-0.2, 0) is 4.79 Å². The second-order valence-electron chi connectivity index (χ2n) is 4.08. The minimum Gasteiger partial charge on any atom is -0.326 e. The van der Waals surface area contributed by atoms with Crippen molar-refractivity contribution in [1.82, 2.24) is 20.6 Å². The Hall–Kier alpha value is -2.24. The third-order valence-corrected chi connectivity index (χ3v) is 2.70. The molecule has 3 rings (SSSR count). The average molecular weight is 229 g/mol. The smallest absolute Gasteiger partial charge is 0.227 e. The van der Waals surface area contributed by atoms with Gasteiger partial charge in [0.2, 0.25) is 11.7 Å². The zero-order chi connectivity index (χ0) is 11.7. The predicted octanol–water partition coefficient (Wildman–Crippen LogP) is 1.22. The Balaban J connectivity index is 1.73. The molecule has 1 saturated carbocycles. The fourth-order valence-electron chi connectivity index (χ4n) is 1.58. The van der Waals surface area contributed by atoms with Crippen LogP contribution >= 0.6 is 0 Å². The number of aromatic amines is 1. The van der Waals surface area contributed by atoms with E-state index in [0.29, 0.717) is 5.82 Å². The summed E-state index contributed by atoms with van der Waals surface area (Å²) in [7, 11) is 0. The van der Waals surface area contributed by atoms with E-state index in [1.165, 1.54) is 0 Å². The van der Waals surface area contributed by atoms with Gasteiger partial charge in [-0.2, -0.15) is 5.21 Å². The summed E-state index contributed by atoms with van der Waals surface area (Å²) < 4.78 is 0. The molecular formula is C11H11N5O. The zero-order valence-electron chi connectivity index (χ0n) is 9.05. The number of hydrogen-bond acceptors (Lipinski definition) is 4. The van der Waals surface area contributed by atoms with E-state index in [9.17, 15) is 4.79 Å². The maximum absolute atomic E-state index is 11.5. The molecule has 0 atom stereocenters. The first-order valence-corrected chi connectivity index (χ1v) is 5.48. The van der Waals surface area contributed by atoms with Crippen LogP contribution in [0.4, 0.5) is 5.69 Å². The van der Waals surface area contributed by atoms with Crippen molar-refractivity contribution < 1.29 is 4.79 Å². The maximum Gasteiger partial charge on any atom is 0.227 e. The van der Waals surface area contributed by atoms with E-state index >= 15 is 0 Å². The number of amides is 1. The first kappa shape index (κ1) is 9.95. The van der Waals surface area contributed by atoms with E-state index in [1.807, 2.05) is 24.3 Å². The van der Waals surface area contributed by atoms with Crippen LogP contribution in [0, 0.1) is 5.92 Å². The molecule has 1 amide bonds. The summed E-state index contributed by atoms with van der Waals surface area (Å²) in [6, 6.07) is 7.39. The van der Waals surface area contributed by atoms with E-state index in [2.05, 4.69) is 25.9 Å². The SMILES string of the molecule is O=C(Nc1ccc(-c2nn[nH]n2)cc1)C1CC1. The van der Waals surface area contributed by atoms with Gasteiger partial charge in [-0.25, -0.2) is 0 Å². The lowest BCUT2D eigenvalue weighted by Gasteiger charge is -2.04. The topological polar surface area (TPSA) is 83.6 Å². The van der Waals surface area contributed by atoms with Crippen LogP contribution in [0.1, 0.15) is 12.8 Å². The first-order chi connectivity index (χ1) is 8.33. The Morgan fingerprint density at radius 3 is 2.65 bits per heavy atom. The van der Waals surface area contributed by atoms with Crippen LogP contribution in [0.15, 0.2) is 24.3 Å². The Labute approximate surface area is 97.4 Å². The van der Waals surface area contributed by atoms with Gasteiger partial charge in [-0.05, 0) is 42.3 Å². The average Bonchev–Trinajstić information content (AvgIpc) is 3.07. The lowest BCUT2D eigenvalue weighted by Crippen LogP contribution is -2.12. The monoisotopic (exact) mass is 229 g/mol. The molecular weight excluding hydrogens is 218 g/mol. The van der Waals surface area contributed by atoms with Crippen LogP contribution in [-0.4, -0.2) is 26.5 Å². The number of benzene rings is 1. The highest BCUT2D eigenvalue weighted by Gasteiger charge is 2.29. The van der Waals surface area contributed by atoms with Crippen molar-refractivity contribution in [2.24, 2.45) is 5.92 Å². The molecule has 0 radical (unpaired) electrons. The van der Waals surface area contributed by atoms with Crippen molar-refractivity contribution in [3.63, 3.8) is 0 Å². The number of rotatable bonds is 3. The number of aromatic nitrogens is 4. The number of anilines is 1. The van der Waals surface area contributed by atoms with Crippen LogP contribution < -0.4 is 5.32 Å². The Morgan fingerprint density at radius 1 is 1.29 bits per heavy atom. The molecule has 1 heterocycles. The predicted molar refractivity (Wildman–Crippen MR) is 61.0 cm³/mol. The van der Waals surface area contributed by atoms with Crippen molar-refractivity contribution >= 4 is 11.6 Å². The van der Waals surface area contributed by atoms with E-state index in [1.54, 1.807) is 0 Å². The molecule has 17 heavy (non-hydrogen) atoms. The number of carbonyl (C=O) groups excluding carboxylic acids is 1. The molecule has 1 fully saturated rings. The summed E-state index contributed by atoms with van der Waals surface area (Å²) in [4.78, 5) is 11.5. The zero-order valence-corrected chi connectivity index (χ0v) is 9.05. The van der Waals surface area contributed by atoms with E-state index in [0.717, 1.165) is 24.1 Å². The van der Waals surface area contributed by atoms with Crippen LogP contribution in [0.2, 0.25) is 0 Å². The lowest BCUT2D eigenvalue weighted by molar-refractivity contribution is -0.117. The molecule has 1 aliphatic rings. The van der Waals surface area contributed by atoms with E-state index < -0.39 is 0 Å². The molecule has 86 valence electrons. The molecule has 6 heteroatoms. The fraction of sp³-hybridized carbons (Fsp3) is 0.273. The molecule has 6 nitrogen and oxygen atoms in total. The standard InChI is InChI=1S/C11H11N5O/c17-11(8-1-2-8)12-9-5-3-7(4-6-9)10-13-15-16-14-10/h3-6,8H,1-2H2,(H,12,17)(H,13,14,15,16). The van der Waals surface area contributed by atoms with Crippen molar-refractivity contribution in [3.05, 3.63) is 24.3 Å². The van der Waals surface area contributed by atoms with Gasteiger partial charge in [-0.15, -0.1) is 10.2 Å². The van der Waals surface area contributed by atoms with Gasteiger partial charge in [-0.1, -0.05) is 0 Å². The van der Waals surface area contributed by atoms with Crippen molar-refractivity contribution in [2.75, 3.05) is 5.32 Å². The molecule has 1 aromatic heterocycles. The largest absolute Gasteiger partial charge is 0.326 e. The Bertz CT molecular complexity index is 515. The summed E-state index contributed by atoms with van der Waals surface area (Å²) in [6.45, 7) is 0. The van der Waals surface area contributed by atoms with Gasteiger partial charge in [-0.3, -0.25) is 4.79 Å². The van der Waals surface area contributed by atoms with Crippen LogP contribution in [0.25, 0.3) is 11.4 Å². The number of nitrogens with one attached hydrogen (secondary N) is 2. The molecule has 2 aromatic rings. The number of tetrazole rings is 1. The van der Waals surface area contributed by atoms with Gasteiger partial charge >= 0.3 is 0 Å². The minimum atomic E-state index is 0.109. The van der Waals surface area contributed by atoms with Crippen molar-refractivity contribution in [2.45, 2.75) is 12.8 Å². The van der Waals surface area contributed by atoms with Gasteiger partial charge in [0.1, 0.15) is 0 Å². The van der Waals surface area contributed by atoms with Gasteiger partial charge in [0.15, 0.2) is 0 Å². The molecule has 0 aliphatic heterocycles. The highest BCUT2D eigenvalue weighted by Crippen LogP contribution is 2.30. The molecule has 0 spiro atoms. The molecule has 1 aliphatic carbocycles. The Kier molecular flexibility index (Phi) is 2.32. The van der Waals surface area contributed by atoms with Crippen LogP contribution in [0.3, 0.4) is 0 Å². The molecule has 0 unspecified atom stereocenters. The third kappa shape index (κ3) is 2.15. The quantitative estimate of drug-likeness (QED) is 0.828. The van der Waals surface area contributed by atoms with Gasteiger partial charge in [0.25, 0.3) is 0 Å². The second-order valence-corrected chi connectivity index (χ2v) is 4.08. The van der Waals surface area contributed by atoms with Gasteiger partial charge in [0.05, 0.1) is 0 Å². The second kappa shape index (κ2) is 3.97.